The van der Waals surface area contributed by atoms with Gasteiger partial charge in [-0.05, 0) is 31.0 Å². The number of methoxy groups -OCH3 is 1. The topological polar surface area (TPSA) is 53.7 Å². The Morgan fingerprint density at radius 1 is 1.12 bits per heavy atom. The molecule has 17 heavy (non-hydrogen) atoms. The van der Waals surface area contributed by atoms with Gasteiger partial charge in [0.2, 0.25) is 0 Å². The first kappa shape index (κ1) is 13.8. The number of nitrogen functional groups attached to an aromatic ring is 1. The van der Waals surface area contributed by atoms with Crippen LogP contribution in [-0.4, -0.2) is 33.5 Å². The van der Waals surface area contributed by atoms with Crippen LogP contribution in [0.15, 0.2) is 18.2 Å². The second kappa shape index (κ2) is 7.92. The van der Waals surface area contributed by atoms with E-state index < -0.39 is 0 Å². The summed E-state index contributed by atoms with van der Waals surface area (Å²) in [5.74, 6) is 0.727. The van der Waals surface area contributed by atoms with Gasteiger partial charge < -0.3 is 19.9 Å². The van der Waals surface area contributed by atoms with Gasteiger partial charge in [0.05, 0.1) is 12.3 Å². The SMILES string of the molecule is COCCCOCCOc1cc(C)ccc1N. The maximum Gasteiger partial charge on any atom is 0.142 e. The number of anilines is 1. The molecule has 1 aromatic carbocycles. The molecule has 0 heterocycles. The molecule has 0 saturated heterocycles. The minimum Gasteiger partial charge on any atom is -0.489 e. The van der Waals surface area contributed by atoms with Crippen molar-refractivity contribution in [2.75, 3.05) is 39.3 Å². The van der Waals surface area contributed by atoms with E-state index >= 15 is 0 Å². The molecule has 0 radical (unpaired) electrons. The van der Waals surface area contributed by atoms with Gasteiger partial charge in [-0.15, -0.1) is 0 Å². The van der Waals surface area contributed by atoms with Crippen molar-refractivity contribution in [1.82, 2.24) is 0 Å². The third-order valence-electron chi connectivity index (χ3n) is 2.29. The van der Waals surface area contributed by atoms with Gasteiger partial charge in [-0.25, -0.2) is 0 Å². The Morgan fingerprint density at radius 3 is 2.71 bits per heavy atom. The average Bonchev–Trinajstić information content (AvgIpc) is 2.32. The molecule has 0 aromatic heterocycles. The highest BCUT2D eigenvalue weighted by atomic mass is 16.5. The Morgan fingerprint density at radius 2 is 1.94 bits per heavy atom. The maximum atomic E-state index is 5.79. The van der Waals surface area contributed by atoms with Gasteiger partial charge in [-0.3, -0.25) is 0 Å². The molecule has 0 amide bonds. The van der Waals surface area contributed by atoms with Crippen LogP contribution in [0.5, 0.6) is 5.75 Å². The summed E-state index contributed by atoms with van der Waals surface area (Å²) in [6.45, 7) is 4.51. The van der Waals surface area contributed by atoms with Gasteiger partial charge in [0, 0.05) is 20.3 Å². The molecule has 2 N–H and O–H groups in total. The molecule has 4 heteroatoms. The minimum atomic E-state index is 0.515. The molecule has 0 atom stereocenters. The highest BCUT2D eigenvalue weighted by Crippen LogP contribution is 2.21. The number of hydrogen-bond donors (Lipinski definition) is 1. The van der Waals surface area contributed by atoms with Crippen molar-refractivity contribution in [1.29, 1.82) is 0 Å². The molecule has 0 bridgehead atoms. The highest BCUT2D eigenvalue weighted by molar-refractivity contribution is 5.53. The Bertz CT molecular complexity index is 328. The summed E-state index contributed by atoms with van der Waals surface area (Å²) in [6.07, 6.45) is 0.906. The first-order valence-electron chi connectivity index (χ1n) is 5.79. The van der Waals surface area contributed by atoms with Crippen LogP contribution in [0.4, 0.5) is 5.69 Å². The summed E-state index contributed by atoms with van der Waals surface area (Å²) in [4.78, 5) is 0. The van der Waals surface area contributed by atoms with Crippen LogP contribution in [0, 0.1) is 6.92 Å². The standard InChI is InChI=1S/C13H21NO3/c1-11-4-5-12(14)13(10-11)17-9-8-16-7-3-6-15-2/h4-5,10H,3,6-9,14H2,1-2H3. The lowest BCUT2D eigenvalue weighted by atomic mass is 10.2. The smallest absolute Gasteiger partial charge is 0.142 e. The predicted molar refractivity (Wildman–Crippen MR) is 68.4 cm³/mol. The molecule has 0 spiro atoms. The predicted octanol–water partition coefficient (Wildman–Crippen LogP) is 2.01. The van der Waals surface area contributed by atoms with E-state index in [9.17, 15) is 0 Å². The molecule has 1 aromatic rings. The molecule has 0 aliphatic heterocycles. The van der Waals surface area contributed by atoms with Crippen molar-refractivity contribution in [2.45, 2.75) is 13.3 Å². The van der Waals surface area contributed by atoms with Crippen LogP contribution in [0.3, 0.4) is 0 Å². The molecule has 96 valence electrons. The molecule has 4 nitrogen and oxygen atoms in total. The summed E-state index contributed by atoms with van der Waals surface area (Å²) >= 11 is 0. The quantitative estimate of drug-likeness (QED) is 0.557. The second-order valence-corrected chi connectivity index (χ2v) is 3.85. The number of ether oxygens (including phenoxy) is 3. The summed E-state index contributed by atoms with van der Waals surface area (Å²) in [7, 11) is 1.68. The summed E-state index contributed by atoms with van der Waals surface area (Å²) in [6, 6.07) is 5.74. The molecule has 0 saturated carbocycles. The van der Waals surface area contributed by atoms with E-state index in [0.717, 1.165) is 24.3 Å². The van der Waals surface area contributed by atoms with Gasteiger partial charge in [-0.2, -0.15) is 0 Å². The van der Waals surface area contributed by atoms with E-state index in [4.69, 9.17) is 19.9 Å². The first-order chi connectivity index (χ1) is 8.24. The lowest BCUT2D eigenvalue weighted by Crippen LogP contribution is -2.09. The Kier molecular flexibility index (Phi) is 6.43. The zero-order valence-corrected chi connectivity index (χ0v) is 10.6. The van der Waals surface area contributed by atoms with Crippen molar-refractivity contribution in [3.8, 4) is 5.75 Å². The first-order valence-corrected chi connectivity index (χ1v) is 5.79. The monoisotopic (exact) mass is 239 g/mol. The van der Waals surface area contributed by atoms with Crippen molar-refractivity contribution in [3.63, 3.8) is 0 Å². The van der Waals surface area contributed by atoms with E-state index in [-0.39, 0.29) is 0 Å². The second-order valence-electron chi connectivity index (χ2n) is 3.85. The Balaban J connectivity index is 2.15. The van der Waals surface area contributed by atoms with Crippen molar-refractivity contribution in [3.05, 3.63) is 23.8 Å². The molecule has 0 aliphatic rings. The van der Waals surface area contributed by atoms with Crippen LogP contribution in [0.2, 0.25) is 0 Å². The third kappa shape index (κ3) is 5.56. The molecular weight excluding hydrogens is 218 g/mol. The average molecular weight is 239 g/mol. The zero-order valence-electron chi connectivity index (χ0n) is 10.6. The Hall–Kier alpha value is -1.26. The number of benzene rings is 1. The van der Waals surface area contributed by atoms with E-state index in [1.807, 2.05) is 25.1 Å². The van der Waals surface area contributed by atoms with Gasteiger partial charge in [-0.1, -0.05) is 6.07 Å². The van der Waals surface area contributed by atoms with Crippen LogP contribution in [-0.2, 0) is 9.47 Å². The number of aryl methyl sites for hydroxylation is 1. The van der Waals surface area contributed by atoms with Crippen LogP contribution < -0.4 is 10.5 Å². The summed E-state index contributed by atoms with van der Waals surface area (Å²) < 4.78 is 15.8. The number of hydrogen-bond acceptors (Lipinski definition) is 4. The van der Waals surface area contributed by atoms with Gasteiger partial charge in [0.25, 0.3) is 0 Å². The maximum absolute atomic E-state index is 5.79. The van der Waals surface area contributed by atoms with E-state index in [1.54, 1.807) is 7.11 Å². The number of nitrogens with two attached hydrogens (primary N) is 1. The van der Waals surface area contributed by atoms with Crippen LogP contribution >= 0.6 is 0 Å². The molecule has 0 fully saturated rings. The number of rotatable bonds is 8. The van der Waals surface area contributed by atoms with Crippen molar-refractivity contribution in [2.24, 2.45) is 0 Å². The summed E-state index contributed by atoms with van der Waals surface area (Å²) in [5.41, 5.74) is 7.58. The van der Waals surface area contributed by atoms with Crippen molar-refractivity contribution < 1.29 is 14.2 Å². The molecule has 0 aliphatic carbocycles. The fourth-order valence-corrected chi connectivity index (χ4v) is 1.38. The fraction of sp³-hybridized carbons (Fsp3) is 0.538. The minimum absolute atomic E-state index is 0.515. The van der Waals surface area contributed by atoms with E-state index in [0.29, 0.717) is 25.5 Å². The van der Waals surface area contributed by atoms with Crippen LogP contribution in [0.1, 0.15) is 12.0 Å². The van der Waals surface area contributed by atoms with E-state index in [2.05, 4.69) is 0 Å². The normalized spacial score (nSPS) is 10.5. The summed E-state index contributed by atoms with van der Waals surface area (Å²) in [5, 5.41) is 0. The lowest BCUT2D eigenvalue weighted by Gasteiger charge is -2.10. The van der Waals surface area contributed by atoms with Gasteiger partial charge >= 0.3 is 0 Å². The molecular formula is C13H21NO3. The van der Waals surface area contributed by atoms with Gasteiger partial charge in [0.15, 0.2) is 0 Å². The molecule has 0 unspecified atom stereocenters. The highest BCUT2D eigenvalue weighted by Gasteiger charge is 2.00. The van der Waals surface area contributed by atoms with Gasteiger partial charge in [0.1, 0.15) is 12.4 Å². The van der Waals surface area contributed by atoms with E-state index in [1.165, 1.54) is 0 Å². The fourth-order valence-electron chi connectivity index (χ4n) is 1.38. The third-order valence-corrected chi connectivity index (χ3v) is 2.29. The van der Waals surface area contributed by atoms with Crippen molar-refractivity contribution >= 4 is 5.69 Å². The lowest BCUT2D eigenvalue weighted by molar-refractivity contribution is 0.0808. The molecule has 1 rings (SSSR count). The van der Waals surface area contributed by atoms with Crippen LogP contribution in [0.25, 0.3) is 0 Å². The zero-order chi connectivity index (χ0) is 12.5. The Labute approximate surface area is 103 Å². The largest absolute Gasteiger partial charge is 0.489 e.